The smallest absolute Gasteiger partial charge is 0.254 e. The van der Waals surface area contributed by atoms with Gasteiger partial charge >= 0.3 is 0 Å². The third-order valence-corrected chi connectivity index (χ3v) is 5.36. The Kier molecular flexibility index (Phi) is 6.68. The third-order valence-electron chi connectivity index (χ3n) is 5.11. The van der Waals surface area contributed by atoms with E-state index < -0.39 is 0 Å². The van der Waals surface area contributed by atoms with Crippen LogP contribution >= 0.6 is 24.0 Å². The van der Waals surface area contributed by atoms with E-state index in [9.17, 15) is 9.59 Å². The van der Waals surface area contributed by atoms with Gasteiger partial charge in [0.05, 0.1) is 5.56 Å². The summed E-state index contributed by atoms with van der Waals surface area (Å²) < 4.78 is 0. The molecule has 1 unspecified atom stereocenters. The number of hydrogen-bond acceptors (Lipinski definition) is 3. The number of nitrogens with zero attached hydrogens (tertiary/aromatic N) is 1. The van der Waals surface area contributed by atoms with Crippen molar-refractivity contribution in [2.75, 3.05) is 13.1 Å². The maximum absolute atomic E-state index is 13.1. The fraction of sp³-hybridized carbons (Fsp3) is 0.333. The van der Waals surface area contributed by atoms with Gasteiger partial charge in [-0.15, -0.1) is 12.4 Å². The number of carbonyl (C=O) groups excluding carboxylic acids is 2. The first-order valence-corrected chi connectivity index (χ1v) is 9.11. The second-order valence-corrected chi connectivity index (χ2v) is 7.93. The lowest BCUT2D eigenvalue weighted by atomic mass is 9.79. The number of amides is 1. The highest BCUT2D eigenvalue weighted by Crippen LogP contribution is 2.29. The molecule has 0 aromatic heterocycles. The van der Waals surface area contributed by atoms with Crippen molar-refractivity contribution < 1.29 is 9.59 Å². The van der Waals surface area contributed by atoms with Crippen molar-refractivity contribution in [3.05, 3.63) is 70.2 Å². The Morgan fingerprint density at radius 2 is 1.67 bits per heavy atom. The molecule has 0 radical (unpaired) electrons. The average Bonchev–Trinajstić information content (AvgIpc) is 2.63. The minimum Gasteiger partial charge on any atom is -0.338 e. The standard InChI is InChI=1S/C21H23ClN2O2.ClH/c1-21(2)13-24(12-11-18(21)23)20(26)17-6-4-3-5-16(17)19(25)14-7-9-15(22)10-8-14;/h3-10,18H,11-13,23H2,1-2H3;1H. The van der Waals surface area contributed by atoms with Crippen LogP contribution in [-0.2, 0) is 0 Å². The van der Waals surface area contributed by atoms with E-state index in [0.29, 0.717) is 34.8 Å². The predicted octanol–water partition coefficient (Wildman–Crippen LogP) is 4.19. The molecule has 1 aliphatic rings. The van der Waals surface area contributed by atoms with E-state index in [-0.39, 0.29) is 35.6 Å². The highest BCUT2D eigenvalue weighted by atomic mass is 35.5. The summed E-state index contributed by atoms with van der Waals surface area (Å²) in [4.78, 5) is 27.8. The first kappa shape index (κ1) is 21.4. The van der Waals surface area contributed by atoms with Gasteiger partial charge in [0.25, 0.3) is 5.91 Å². The molecule has 0 bridgehead atoms. The number of rotatable bonds is 3. The third kappa shape index (κ3) is 4.52. The van der Waals surface area contributed by atoms with Crippen LogP contribution in [0.3, 0.4) is 0 Å². The van der Waals surface area contributed by atoms with Crippen molar-refractivity contribution in [3.63, 3.8) is 0 Å². The quantitative estimate of drug-likeness (QED) is 0.776. The molecule has 1 amide bonds. The molecular formula is C21H24Cl2N2O2. The van der Waals surface area contributed by atoms with Gasteiger partial charge in [0.2, 0.25) is 0 Å². The van der Waals surface area contributed by atoms with E-state index in [1.54, 1.807) is 53.4 Å². The highest BCUT2D eigenvalue weighted by molar-refractivity contribution is 6.30. The van der Waals surface area contributed by atoms with Crippen molar-refractivity contribution >= 4 is 35.7 Å². The molecule has 1 aliphatic heterocycles. The largest absolute Gasteiger partial charge is 0.338 e. The van der Waals surface area contributed by atoms with Gasteiger partial charge in [-0.25, -0.2) is 0 Å². The monoisotopic (exact) mass is 406 g/mol. The van der Waals surface area contributed by atoms with Crippen LogP contribution in [0.2, 0.25) is 5.02 Å². The molecule has 1 saturated heterocycles. The fourth-order valence-electron chi connectivity index (χ4n) is 3.34. The van der Waals surface area contributed by atoms with Gasteiger partial charge < -0.3 is 10.6 Å². The Bertz CT molecular complexity index is 834. The van der Waals surface area contributed by atoms with Crippen LogP contribution in [0, 0.1) is 5.41 Å². The van der Waals surface area contributed by atoms with Crippen LogP contribution in [-0.4, -0.2) is 35.7 Å². The zero-order chi connectivity index (χ0) is 18.9. The summed E-state index contributed by atoms with van der Waals surface area (Å²) in [6, 6.07) is 13.7. The normalized spacial score (nSPS) is 18.5. The summed E-state index contributed by atoms with van der Waals surface area (Å²) in [6.07, 6.45) is 0.756. The zero-order valence-corrected chi connectivity index (χ0v) is 17.0. The van der Waals surface area contributed by atoms with Crippen LogP contribution in [0.5, 0.6) is 0 Å². The molecule has 6 heteroatoms. The predicted molar refractivity (Wildman–Crippen MR) is 111 cm³/mol. The summed E-state index contributed by atoms with van der Waals surface area (Å²) in [7, 11) is 0. The molecule has 0 spiro atoms. The summed E-state index contributed by atoms with van der Waals surface area (Å²) in [5.41, 5.74) is 7.38. The lowest BCUT2D eigenvalue weighted by molar-refractivity contribution is 0.0531. The number of nitrogens with two attached hydrogens (primary N) is 1. The maximum Gasteiger partial charge on any atom is 0.254 e. The Morgan fingerprint density at radius 3 is 2.26 bits per heavy atom. The van der Waals surface area contributed by atoms with Crippen LogP contribution in [0.1, 0.15) is 46.5 Å². The molecule has 1 heterocycles. The van der Waals surface area contributed by atoms with Crippen LogP contribution in [0.15, 0.2) is 48.5 Å². The number of piperidine rings is 1. The molecular weight excluding hydrogens is 383 g/mol. The average molecular weight is 407 g/mol. The SMILES string of the molecule is CC1(C)CN(C(=O)c2ccccc2C(=O)c2ccc(Cl)cc2)CCC1N.Cl. The molecule has 4 nitrogen and oxygen atoms in total. The van der Waals surface area contributed by atoms with Gasteiger partial charge in [0.1, 0.15) is 0 Å². The van der Waals surface area contributed by atoms with Crippen molar-refractivity contribution in [1.82, 2.24) is 4.90 Å². The van der Waals surface area contributed by atoms with E-state index in [4.69, 9.17) is 17.3 Å². The summed E-state index contributed by atoms with van der Waals surface area (Å²) in [5, 5.41) is 0.567. The molecule has 1 fully saturated rings. The van der Waals surface area contributed by atoms with Gasteiger partial charge in [-0.05, 0) is 42.2 Å². The van der Waals surface area contributed by atoms with Gasteiger partial charge in [-0.3, -0.25) is 9.59 Å². The van der Waals surface area contributed by atoms with E-state index in [1.165, 1.54) is 0 Å². The van der Waals surface area contributed by atoms with E-state index in [2.05, 4.69) is 13.8 Å². The molecule has 27 heavy (non-hydrogen) atoms. The molecule has 2 N–H and O–H groups in total. The van der Waals surface area contributed by atoms with Crippen LogP contribution in [0.4, 0.5) is 0 Å². The lowest BCUT2D eigenvalue weighted by Gasteiger charge is -2.42. The Labute approximate surface area is 171 Å². The summed E-state index contributed by atoms with van der Waals surface area (Å²) >= 11 is 5.90. The van der Waals surface area contributed by atoms with Gasteiger partial charge in [-0.2, -0.15) is 0 Å². The van der Waals surface area contributed by atoms with Gasteiger partial charge in [0, 0.05) is 35.3 Å². The van der Waals surface area contributed by atoms with Crippen molar-refractivity contribution in [2.24, 2.45) is 11.1 Å². The Hall–Kier alpha value is -1.88. The molecule has 2 aromatic rings. The van der Waals surface area contributed by atoms with Gasteiger partial charge in [-0.1, -0.05) is 43.6 Å². The maximum atomic E-state index is 13.1. The van der Waals surface area contributed by atoms with Crippen molar-refractivity contribution in [1.29, 1.82) is 0 Å². The van der Waals surface area contributed by atoms with Crippen molar-refractivity contribution in [2.45, 2.75) is 26.3 Å². The van der Waals surface area contributed by atoms with E-state index in [1.807, 2.05) is 0 Å². The Balaban J connectivity index is 0.00000261. The van der Waals surface area contributed by atoms with Gasteiger partial charge in [0.15, 0.2) is 5.78 Å². The lowest BCUT2D eigenvalue weighted by Crippen LogP contribution is -2.54. The number of halogens is 2. The number of likely N-dealkylation sites (tertiary alicyclic amines) is 1. The molecule has 3 rings (SSSR count). The van der Waals surface area contributed by atoms with E-state index in [0.717, 1.165) is 6.42 Å². The number of ketones is 1. The van der Waals surface area contributed by atoms with E-state index >= 15 is 0 Å². The minimum atomic E-state index is -0.182. The molecule has 1 atom stereocenters. The zero-order valence-electron chi connectivity index (χ0n) is 15.4. The Morgan fingerprint density at radius 1 is 1.07 bits per heavy atom. The first-order chi connectivity index (χ1) is 12.3. The number of carbonyl (C=O) groups is 2. The fourth-order valence-corrected chi connectivity index (χ4v) is 3.47. The second-order valence-electron chi connectivity index (χ2n) is 7.49. The second kappa shape index (κ2) is 8.42. The van der Waals surface area contributed by atoms with Crippen molar-refractivity contribution in [3.8, 4) is 0 Å². The van der Waals surface area contributed by atoms with Crippen LogP contribution in [0.25, 0.3) is 0 Å². The van der Waals surface area contributed by atoms with Crippen LogP contribution < -0.4 is 5.73 Å². The molecule has 0 aliphatic carbocycles. The first-order valence-electron chi connectivity index (χ1n) is 8.74. The highest BCUT2D eigenvalue weighted by Gasteiger charge is 2.36. The molecule has 144 valence electrons. The number of benzene rings is 2. The summed E-state index contributed by atoms with van der Waals surface area (Å²) in [5.74, 6) is -0.304. The molecule has 2 aromatic carbocycles. The topological polar surface area (TPSA) is 63.4 Å². The minimum absolute atomic E-state index is 0. The molecule has 0 saturated carbocycles. The number of hydrogen-bond donors (Lipinski definition) is 1. The summed E-state index contributed by atoms with van der Waals surface area (Å²) in [6.45, 7) is 5.33.